The summed E-state index contributed by atoms with van der Waals surface area (Å²) in [4.78, 5) is 13.3. The zero-order chi connectivity index (χ0) is 10.4. The molecular formula is C9H20N4O. The van der Waals surface area contributed by atoms with Crippen molar-refractivity contribution in [2.45, 2.75) is 25.8 Å². The second kappa shape index (κ2) is 5.95. The van der Waals surface area contributed by atoms with Crippen LogP contribution in [0.15, 0.2) is 0 Å². The average Bonchev–Trinajstić information content (AvgIpc) is 2.26. The molecule has 1 amide bonds. The van der Waals surface area contributed by atoms with Gasteiger partial charge >= 0.3 is 0 Å². The molecule has 1 aliphatic heterocycles. The molecule has 0 aromatic rings. The smallest absolute Gasteiger partial charge is 0.248 e. The normalized spacial score (nSPS) is 18.5. The van der Waals surface area contributed by atoms with Crippen LogP contribution in [0.4, 0.5) is 0 Å². The van der Waals surface area contributed by atoms with Crippen LogP contribution in [0, 0.1) is 0 Å². The Morgan fingerprint density at radius 2 is 2.21 bits per heavy atom. The highest BCUT2D eigenvalue weighted by atomic mass is 16.2. The van der Waals surface area contributed by atoms with Gasteiger partial charge in [-0.3, -0.25) is 15.1 Å². The summed E-state index contributed by atoms with van der Waals surface area (Å²) in [6, 6.07) is 0.526. The number of nitrogens with zero attached hydrogens (tertiary/aromatic N) is 1. The van der Waals surface area contributed by atoms with Gasteiger partial charge in [-0.25, -0.2) is 5.84 Å². The van der Waals surface area contributed by atoms with E-state index in [1.807, 2.05) is 0 Å². The molecule has 1 rings (SSSR count). The monoisotopic (exact) mass is 200 g/mol. The molecule has 14 heavy (non-hydrogen) atoms. The molecule has 1 fully saturated rings. The highest BCUT2D eigenvalue weighted by molar-refractivity contribution is 5.77. The van der Waals surface area contributed by atoms with Gasteiger partial charge in [0, 0.05) is 6.04 Å². The Morgan fingerprint density at radius 1 is 1.57 bits per heavy atom. The number of carbonyl (C=O) groups excluding carboxylic acids is 1. The lowest BCUT2D eigenvalue weighted by Gasteiger charge is -2.33. The molecular weight excluding hydrogens is 180 g/mol. The van der Waals surface area contributed by atoms with Crippen LogP contribution in [0.3, 0.4) is 0 Å². The average molecular weight is 200 g/mol. The van der Waals surface area contributed by atoms with E-state index in [4.69, 9.17) is 5.84 Å². The number of likely N-dealkylation sites (N-methyl/N-ethyl adjacent to an activating group) is 1. The topological polar surface area (TPSA) is 70.4 Å². The van der Waals surface area contributed by atoms with E-state index in [-0.39, 0.29) is 5.91 Å². The summed E-state index contributed by atoms with van der Waals surface area (Å²) in [5.74, 6) is 4.96. The molecule has 0 radical (unpaired) electrons. The number of nitrogens with one attached hydrogen (secondary N) is 2. The van der Waals surface area contributed by atoms with E-state index < -0.39 is 0 Å². The number of rotatable bonds is 4. The van der Waals surface area contributed by atoms with Crippen LogP contribution in [0.5, 0.6) is 0 Å². The maximum absolute atomic E-state index is 11.1. The van der Waals surface area contributed by atoms with E-state index in [0.29, 0.717) is 12.6 Å². The highest BCUT2D eigenvalue weighted by Crippen LogP contribution is 2.10. The Kier molecular flexibility index (Phi) is 4.86. The van der Waals surface area contributed by atoms with Crippen molar-refractivity contribution in [2.75, 3.05) is 26.2 Å². The molecule has 0 bridgehead atoms. The molecule has 5 heteroatoms. The summed E-state index contributed by atoms with van der Waals surface area (Å²) in [5, 5.41) is 3.31. The summed E-state index contributed by atoms with van der Waals surface area (Å²) in [6.07, 6.45) is 2.23. The largest absolute Gasteiger partial charge is 0.317 e. The number of amides is 1. The summed E-state index contributed by atoms with van der Waals surface area (Å²) in [6.45, 7) is 5.48. The molecule has 0 aliphatic carbocycles. The fourth-order valence-electron chi connectivity index (χ4n) is 1.90. The molecule has 1 saturated heterocycles. The van der Waals surface area contributed by atoms with E-state index in [0.717, 1.165) is 32.5 Å². The molecule has 1 aliphatic rings. The summed E-state index contributed by atoms with van der Waals surface area (Å²) < 4.78 is 0. The van der Waals surface area contributed by atoms with E-state index in [1.54, 1.807) is 0 Å². The number of piperidine rings is 1. The van der Waals surface area contributed by atoms with Crippen molar-refractivity contribution in [1.29, 1.82) is 0 Å². The van der Waals surface area contributed by atoms with Crippen LogP contribution in [-0.2, 0) is 4.79 Å². The Bertz CT molecular complexity index is 180. The lowest BCUT2D eigenvalue weighted by atomic mass is 10.0. The molecule has 0 spiro atoms. The minimum Gasteiger partial charge on any atom is -0.317 e. The number of hydrazine groups is 1. The number of hydrogen-bond acceptors (Lipinski definition) is 4. The molecule has 0 aromatic heterocycles. The summed E-state index contributed by atoms with van der Waals surface area (Å²) in [7, 11) is 0. The van der Waals surface area contributed by atoms with Crippen molar-refractivity contribution >= 4 is 5.91 Å². The van der Waals surface area contributed by atoms with Crippen LogP contribution in [0.25, 0.3) is 0 Å². The molecule has 0 aromatic carbocycles. The number of nitrogens with two attached hydrogens (primary N) is 1. The Balaban J connectivity index is 2.39. The van der Waals surface area contributed by atoms with Gasteiger partial charge in [-0.1, -0.05) is 6.92 Å². The highest BCUT2D eigenvalue weighted by Gasteiger charge is 2.20. The third-order valence-corrected chi connectivity index (χ3v) is 2.74. The van der Waals surface area contributed by atoms with Crippen molar-refractivity contribution in [3.63, 3.8) is 0 Å². The molecule has 82 valence electrons. The minimum absolute atomic E-state index is 0.106. The third kappa shape index (κ3) is 3.25. The first kappa shape index (κ1) is 11.4. The SMILES string of the molecule is CCN(CC(=O)NN)C1CCNCC1. The van der Waals surface area contributed by atoms with Gasteiger partial charge in [-0.05, 0) is 32.5 Å². The summed E-state index contributed by atoms with van der Waals surface area (Å²) in [5.41, 5.74) is 2.17. The van der Waals surface area contributed by atoms with Crippen LogP contribution in [0.1, 0.15) is 19.8 Å². The van der Waals surface area contributed by atoms with Crippen molar-refractivity contribution in [3.05, 3.63) is 0 Å². The maximum atomic E-state index is 11.1. The molecule has 0 atom stereocenters. The van der Waals surface area contributed by atoms with E-state index in [9.17, 15) is 4.79 Å². The zero-order valence-electron chi connectivity index (χ0n) is 8.75. The van der Waals surface area contributed by atoms with Gasteiger partial charge in [0.15, 0.2) is 0 Å². The van der Waals surface area contributed by atoms with Crippen LogP contribution in [0.2, 0.25) is 0 Å². The zero-order valence-corrected chi connectivity index (χ0v) is 8.75. The standard InChI is InChI=1S/C9H20N4O/c1-2-13(7-9(14)12-10)8-3-5-11-6-4-8/h8,11H,2-7,10H2,1H3,(H,12,14). The fourth-order valence-corrected chi connectivity index (χ4v) is 1.90. The summed E-state index contributed by atoms with van der Waals surface area (Å²) >= 11 is 0. The third-order valence-electron chi connectivity index (χ3n) is 2.74. The second-order valence-electron chi connectivity index (χ2n) is 3.61. The number of hydrogen-bond donors (Lipinski definition) is 3. The maximum Gasteiger partial charge on any atom is 0.248 e. The van der Waals surface area contributed by atoms with Gasteiger partial charge in [-0.2, -0.15) is 0 Å². The van der Waals surface area contributed by atoms with Crippen LogP contribution in [-0.4, -0.2) is 43.0 Å². The molecule has 1 heterocycles. The van der Waals surface area contributed by atoms with Gasteiger partial charge in [0.25, 0.3) is 0 Å². The van der Waals surface area contributed by atoms with Crippen molar-refractivity contribution in [2.24, 2.45) is 5.84 Å². The fraction of sp³-hybridized carbons (Fsp3) is 0.889. The Labute approximate surface area is 85.0 Å². The Hall–Kier alpha value is -0.650. The first-order valence-electron chi connectivity index (χ1n) is 5.22. The van der Waals surface area contributed by atoms with Gasteiger partial charge in [-0.15, -0.1) is 0 Å². The van der Waals surface area contributed by atoms with Gasteiger partial charge in [0.2, 0.25) is 5.91 Å². The second-order valence-corrected chi connectivity index (χ2v) is 3.61. The van der Waals surface area contributed by atoms with Crippen molar-refractivity contribution < 1.29 is 4.79 Å². The lowest BCUT2D eigenvalue weighted by Crippen LogP contribution is -2.48. The van der Waals surface area contributed by atoms with E-state index >= 15 is 0 Å². The molecule has 4 N–H and O–H groups in total. The van der Waals surface area contributed by atoms with Crippen molar-refractivity contribution in [1.82, 2.24) is 15.6 Å². The predicted octanol–water partition coefficient (Wildman–Crippen LogP) is -0.950. The van der Waals surface area contributed by atoms with Gasteiger partial charge in [0.05, 0.1) is 6.54 Å². The van der Waals surface area contributed by atoms with E-state index in [2.05, 4.69) is 22.6 Å². The Morgan fingerprint density at radius 3 is 2.71 bits per heavy atom. The molecule has 0 unspecified atom stereocenters. The van der Waals surface area contributed by atoms with Gasteiger partial charge in [0.1, 0.15) is 0 Å². The van der Waals surface area contributed by atoms with Crippen molar-refractivity contribution in [3.8, 4) is 0 Å². The number of carbonyl (C=O) groups is 1. The lowest BCUT2D eigenvalue weighted by molar-refractivity contribution is -0.123. The first-order valence-corrected chi connectivity index (χ1v) is 5.22. The van der Waals surface area contributed by atoms with Crippen LogP contribution < -0.4 is 16.6 Å². The molecule has 5 nitrogen and oxygen atoms in total. The quantitative estimate of drug-likeness (QED) is 0.311. The van der Waals surface area contributed by atoms with Gasteiger partial charge < -0.3 is 5.32 Å². The van der Waals surface area contributed by atoms with Crippen LogP contribution >= 0.6 is 0 Å². The molecule has 0 saturated carbocycles. The predicted molar refractivity (Wildman–Crippen MR) is 55.5 cm³/mol. The minimum atomic E-state index is -0.106. The first-order chi connectivity index (χ1) is 6.77. The van der Waals surface area contributed by atoms with E-state index in [1.165, 1.54) is 0 Å².